The molecule has 0 bridgehead atoms. The summed E-state index contributed by atoms with van der Waals surface area (Å²) in [5.41, 5.74) is 3.88. The third-order valence-electron chi connectivity index (χ3n) is 2.71. The summed E-state index contributed by atoms with van der Waals surface area (Å²) in [6.45, 7) is 2.65. The highest BCUT2D eigenvalue weighted by molar-refractivity contribution is 5.78. The van der Waals surface area contributed by atoms with E-state index >= 15 is 0 Å². The van der Waals surface area contributed by atoms with Crippen LogP contribution in [0.15, 0.2) is 36.8 Å². The number of nitrogens with zero attached hydrogens (tertiary/aromatic N) is 3. The minimum Gasteiger partial charge on any atom is -0.379 e. The first kappa shape index (κ1) is 10.7. The normalized spacial score (nSPS) is 10.7. The maximum absolute atomic E-state index is 4.28. The number of aryl methyl sites for hydroxylation is 1. The second-order valence-electron chi connectivity index (χ2n) is 4.11. The van der Waals surface area contributed by atoms with Crippen LogP contribution in [-0.2, 0) is 6.54 Å². The summed E-state index contributed by atoms with van der Waals surface area (Å²) in [5, 5.41) is 3.33. The largest absolute Gasteiger partial charge is 0.379 e. The van der Waals surface area contributed by atoms with E-state index in [0.29, 0.717) is 6.54 Å². The van der Waals surface area contributed by atoms with Gasteiger partial charge in [-0.2, -0.15) is 0 Å². The monoisotopic (exact) mass is 239 g/mol. The topological polar surface area (TPSA) is 66.5 Å². The van der Waals surface area contributed by atoms with Gasteiger partial charge in [-0.3, -0.25) is 9.97 Å². The molecule has 90 valence electrons. The molecule has 0 aliphatic carbocycles. The van der Waals surface area contributed by atoms with Gasteiger partial charge in [-0.15, -0.1) is 0 Å². The highest BCUT2D eigenvalue weighted by atomic mass is 15.0. The van der Waals surface area contributed by atoms with Gasteiger partial charge in [0.1, 0.15) is 5.82 Å². The second-order valence-corrected chi connectivity index (χ2v) is 4.11. The molecule has 0 amide bonds. The van der Waals surface area contributed by atoms with Crippen LogP contribution in [0.25, 0.3) is 11.0 Å². The van der Waals surface area contributed by atoms with Crippen LogP contribution >= 0.6 is 0 Å². The van der Waals surface area contributed by atoms with Gasteiger partial charge in [0.15, 0.2) is 0 Å². The molecule has 1 aromatic carbocycles. The molecule has 0 saturated heterocycles. The Balaban J connectivity index is 1.78. The predicted octanol–water partition coefficient (Wildman–Crippen LogP) is 2.27. The van der Waals surface area contributed by atoms with Crippen molar-refractivity contribution in [2.45, 2.75) is 13.5 Å². The lowest BCUT2D eigenvalue weighted by molar-refractivity contribution is 1.05. The van der Waals surface area contributed by atoms with Gasteiger partial charge in [0.2, 0.25) is 0 Å². The highest BCUT2D eigenvalue weighted by Crippen LogP contribution is 2.15. The van der Waals surface area contributed by atoms with Crippen molar-refractivity contribution in [2.75, 3.05) is 5.32 Å². The molecular formula is C13H13N5. The molecule has 0 aliphatic heterocycles. The van der Waals surface area contributed by atoms with Crippen molar-refractivity contribution >= 4 is 16.7 Å². The molecule has 2 heterocycles. The van der Waals surface area contributed by atoms with E-state index in [9.17, 15) is 0 Å². The summed E-state index contributed by atoms with van der Waals surface area (Å²) < 4.78 is 0. The van der Waals surface area contributed by atoms with E-state index in [0.717, 1.165) is 28.2 Å². The van der Waals surface area contributed by atoms with E-state index in [-0.39, 0.29) is 0 Å². The molecule has 3 rings (SSSR count). The highest BCUT2D eigenvalue weighted by Gasteiger charge is 1.99. The van der Waals surface area contributed by atoms with Crippen LogP contribution in [0.3, 0.4) is 0 Å². The molecule has 2 N–H and O–H groups in total. The fraction of sp³-hybridized carbons (Fsp3) is 0.154. The molecule has 2 aromatic heterocycles. The van der Waals surface area contributed by atoms with Crippen LogP contribution in [0.4, 0.5) is 5.69 Å². The fourth-order valence-electron chi connectivity index (χ4n) is 1.83. The molecular weight excluding hydrogens is 226 g/mol. The minimum atomic E-state index is 0.715. The van der Waals surface area contributed by atoms with Gasteiger partial charge in [0.25, 0.3) is 0 Å². The van der Waals surface area contributed by atoms with Gasteiger partial charge < -0.3 is 10.3 Å². The number of hydrogen-bond acceptors (Lipinski definition) is 4. The fourth-order valence-corrected chi connectivity index (χ4v) is 1.83. The number of aromatic amines is 1. The zero-order chi connectivity index (χ0) is 12.4. The number of anilines is 1. The third-order valence-corrected chi connectivity index (χ3v) is 2.71. The van der Waals surface area contributed by atoms with Crippen molar-refractivity contribution in [3.8, 4) is 0 Å². The van der Waals surface area contributed by atoms with E-state index in [1.54, 1.807) is 12.4 Å². The quantitative estimate of drug-likeness (QED) is 0.735. The standard InChI is InChI=1S/C13H13N5/c1-9-16-7-11(18-9)8-17-10-2-3-12-13(6-10)15-5-4-14-12/h2-7,17H,8H2,1H3,(H,16,18). The maximum atomic E-state index is 4.28. The van der Waals surface area contributed by atoms with Crippen LogP contribution in [0, 0.1) is 6.92 Å². The SMILES string of the molecule is Cc1ncc(CNc2ccc3nccnc3c2)[nH]1. The Hall–Kier alpha value is -2.43. The smallest absolute Gasteiger partial charge is 0.103 e. The van der Waals surface area contributed by atoms with Crippen molar-refractivity contribution in [1.29, 1.82) is 0 Å². The number of imidazole rings is 1. The molecule has 0 atom stereocenters. The van der Waals surface area contributed by atoms with E-state index in [1.807, 2.05) is 31.3 Å². The van der Waals surface area contributed by atoms with Gasteiger partial charge in [-0.05, 0) is 25.1 Å². The number of hydrogen-bond donors (Lipinski definition) is 2. The first-order valence-electron chi connectivity index (χ1n) is 5.76. The van der Waals surface area contributed by atoms with Crippen LogP contribution in [0.5, 0.6) is 0 Å². The van der Waals surface area contributed by atoms with Crippen LogP contribution in [-0.4, -0.2) is 19.9 Å². The van der Waals surface area contributed by atoms with Crippen LogP contribution < -0.4 is 5.32 Å². The number of nitrogens with one attached hydrogen (secondary N) is 2. The summed E-state index contributed by atoms with van der Waals surface area (Å²) in [4.78, 5) is 15.9. The molecule has 18 heavy (non-hydrogen) atoms. The molecule has 0 radical (unpaired) electrons. The lowest BCUT2D eigenvalue weighted by atomic mass is 10.2. The Morgan fingerprint density at radius 1 is 1.11 bits per heavy atom. The van der Waals surface area contributed by atoms with E-state index in [2.05, 4.69) is 25.3 Å². The molecule has 3 aromatic rings. The zero-order valence-corrected chi connectivity index (χ0v) is 10.0. The van der Waals surface area contributed by atoms with Gasteiger partial charge in [0.05, 0.1) is 29.5 Å². The number of fused-ring (bicyclic) bond motifs is 1. The van der Waals surface area contributed by atoms with E-state index < -0.39 is 0 Å². The zero-order valence-electron chi connectivity index (χ0n) is 10.0. The first-order valence-corrected chi connectivity index (χ1v) is 5.76. The molecule has 0 aliphatic rings. The van der Waals surface area contributed by atoms with Crippen molar-refractivity contribution in [3.63, 3.8) is 0 Å². The minimum absolute atomic E-state index is 0.715. The van der Waals surface area contributed by atoms with Gasteiger partial charge >= 0.3 is 0 Å². The number of rotatable bonds is 3. The third kappa shape index (κ3) is 2.15. The van der Waals surface area contributed by atoms with E-state index in [1.165, 1.54) is 0 Å². The molecule has 0 spiro atoms. The summed E-state index contributed by atoms with van der Waals surface area (Å²) in [6.07, 6.45) is 5.23. The van der Waals surface area contributed by atoms with Crippen LogP contribution in [0.1, 0.15) is 11.5 Å². The maximum Gasteiger partial charge on any atom is 0.103 e. The Morgan fingerprint density at radius 2 is 1.94 bits per heavy atom. The molecule has 5 nitrogen and oxygen atoms in total. The number of benzene rings is 1. The van der Waals surface area contributed by atoms with Crippen molar-refractivity contribution in [3.05, 3.63) is 48.3 Å². The molecule has 0 saturated carbocycles. The van der Waals surface area contributed by atoms with E-state index in [4.69, 9.17) is 0 Å². The summed E-state index contributed by atoms with van der Waals surface area (Å²) in [5.74, 6) is 0.927. The second kappa shape index (κ2) is 4.44. The molecule has 0 fully saturated rings. The average molecular weight is 239 g/mol. The van der Waals surface area contributed by atoms with Gasteiger partial charge in [-0.25, -0.2) is 4.98 Å². The lowest BCUT2D eigenvalue weighted by Crippen LogP contribution is -1.99. The first-order chi connectivity index (χ1) is 8.81. The summed E-state index contributed by atoms with van der Waals surface area (Å²) >= 11 is 0. The van der Waals surface area contributed by atoms with Crippen molar-refractivity contribution in [1.82, 2.24) is 19.9 Å². The Labute approximate surface area is 104 Å². The number of H-pyrrole nitrogens is 1. The van der Waals surface area contributed by atoms with Gasteiger partial charge in [0, 0.05) is 18.1 Å². The Morgan fingerprint density at radius 3 is 2.72 bits per heavy atom. The molecule has 5 heteroatoms. The predicted molar refractivity (Wildman–Crippen MR) is 70.2 cm³/mol. The number of aromatic nitrogens is 4. The van der Waals surface area contributed by atoms with Crippen molar-refractivity contribution < 1.29 is 0 Å². The van der Waals surface area contributed by atoms with Crippen molar-refractivity contribution in [2.24, 2.45) is 0 Å². The van der Waals surface area contributed by atoms with Gasteiger partial charge in [-0.1, -0.05) is 0 Å². The average Bonchev–Trinajstić information content (AvgIpc) is 2.82. The lowest BCUT2D eigenvalue weighted by Gasteiger charge is -2.05. The summed E-state index contributed by atoms with van der Waals surface area (Å²) in [7, 11) is 0. The Bertz CT molecular complexity index is 674. The molecule has 0 unspecified atom stereocenters. The van der Waals surface area contributed by atoms with Crippen LogP contribution in [0.2, 0.25) is 0 Å². The summed E-state index contributed by atoms with van der Waals surface area (Å²) in [6, 6.07) is 5.95. The Kier molecular flexibility index (Phi) is 2.64.